The van der Waals surface area contributed by atoms with Crippen LogP contribution in [0.15, 0.2) is 114 Å². The molecule has 0 saturated carbocycles. The summed E-state index contributed by atoms with van der Waals surface area (Å²) in [6, 6.07) is 28.4. The van der Waals surface area contributed by atoms with E-state index in [9.17, 15) is 14.4 Å². The van der Waals surface area contributed by atoms with Crippen molar-refractivity contribution in [2.45, 2.75) is 23.5 Å². The minimum atomic E-state index is -0.512. The Labute approximate surface area is 243 Å². The Balaban J connectivity index is 1.53. The summed E-state index contributed by atoms with van der Waals surface area (Å²) < 4.78 is 5.43. The number of amides is 3. The second-order valence-electron chi connectivity index (χ2n) is 8.82. The highest BCUT2D eigenvalue weighted by molar-refractivity contribution is 8.00. The number of hydrogen-bond acceptors (Lipinski definition) is 6. The highest BCUT2D eigenvalue weighted by atomic mass is 32.2. The van der Waals surface area contributed by atoms with E-state index < -0.39 is 11.8 Å². The number of pyridine rings is 1. The summed E-state index contributed by atoms with van der Waals surface area (Å²) in [5, 5.41) is 8.08. The lowest BCUT2D eigenvalue weighted by Gasteiger charge is -2.16. The summed E-state index contributed by atoms with van der Waals surface area (Å²) >= 11 is 1.39. The van der Waals surface area contributed by atoms with Gasteiger partial charge in [0, 0.05) is 27.9 Å². The van der Waals surface area contributed by atoms with E-state index in [0.29, 0.717) is 34.8 Å². The summed E-state index contributed by atoms with van der Waals surface area (Å²) in [5.74, 6) is -0.0429. The molecule has 1 unspecified atom stereocenters. The van der Waals surface area contributed by atoms with Crippen molar-refractivity contribution in [2.24, 2.45) is 0 Å². The lowest BCUT2D eigenvalue weighted by Crippen LogP contribution is -2.30. The molecule has 0 aliphatic heterocycles. The average molecular weight is 567 g/mol. The van der Waals surface area contributed by atoms with Crippen molar-refractivity contribution in [3.05, 3.63) is 120 Å². The van der Waals surface area contributed by atoms with Crippen LogP contribution in [0.1, 0.15) is 29.3 Å². The maximum absolute atomic E-state index is 13.5. The van der Waals surface area contributed by atoms with E-state index in [1.807, 2.05) is 37.3 Å². The molecule has 0 aliphatic carbocycles. The summed E-state index contributed by atoms with van der Waals surface area (Å²) in [5.41, 5.74) is 1.60. The van der Waals surface area contributed by atoms with Crippen molar-refractivity contribution in [1.29, 1.82) is 0 Å². The van der Waals surface area contributed by atoms with E-state index in [-0.39, 0.29) is 16.9 Å². The highest BCUT2D eigenvalue weighted by Crippen LogP contribution is 2.29. The third-order valence-electron chi connectivity index (χ3n) is 5.92. The Hall–Kier alpha value is -4.89. The van der Waals surface area contributed by atoms with Crippen molar-refractivity contribution < 1.29 is 19.1 Å². The molecule has 208 valence electrons. The first-order chi connectivity index (χ1) is 20.0. The van der Waals surface area contributed by atoms with Gasteiger partial charge in [-0.15, -0.1) is 11.8 Å². The highest BCUT2D eigenvalue weighted by Gasteiger charge is 2.20. The minimum Gasteiger partial charge on any atom is -0.496 e. The summed E-state index contributed by atoms with van der Waals surface area (Å²) in [6.45, 7) is 1.94. The van der Waals surface area contributed by atoms with Crippen LogP contribution in [-0.4, -0.2) is 35.1 Å². The zero-order valence-corrected chi connectivity index (χ0v) is 23.5. The molecule has 0 radical (unpaired) electrons. The standard InChI is InChI=1S/C32H30N4O4S/c1-3-28(32(39)36-29-18-9-10-19-33-29)41-25-16-11-15-24(21-25)34-31(38)26(20-23-14-7-8-17-27(23)40-2)35-30(37)22-12-5-4-6-13-22/h4-21,28H,3H2,1-2H3,(H,34,38)(H,35,37)(H,33,36,39)/b26-20+. The minimum absolute atomic E-state index is 0.0441. The molecule has 4 aromatic rings. The van der Waals surface area contributed by atoms with Crippen molar-refractivity contribution >= 4 is 47.1 Å². The van der Waals surface area contributed by atoms with E-state index in [1.165, 1.54) is 11.8 Å². The normalized spacial score (nSPS) is 11.7. The number of hydrogen-bond donors (Lipinski definition) is 3. The number of carbonyl (C=O) groups excluding carboxylic acids is 3. The first kappa shape index (κ1) is 29.1. The molecule has 3 N–H and O–H groups in total. The topological polar surface area (TPSA) is 109 Å². The monoisotopic (exact) mass is 566 g/mol. The van der Waals surface area contributed by atoms with E-state index in [1.54, 1.807) is 86.1 Å². The van der Waals surface area contributed by atoms with Crippen LogP contribution in [0.4, 0.5) is 11.5 Å². The van der Waals surface area contributed by atoms with Crippen molar-refractivity contribution in [2.75, 3.05) is 17.7 Å². The van der Waals surface area contributed by atoms with Crippen LogP contribution in [0.2, 0.25) is 0 Å². The number of methoxy groups -OCH3 is 1. The molecule has 0 spiro atoms. The number of nitrogens with one attached hydrogen (secondary N) is 3. The molecule has 0 fully saturated rings. The van der Waals surface area contributed by atoms with Gasteiger partial charge in [-0.3, -0.25) is 14.4 Å². The molecule has 3 amide bonds. The molecule has 1 heterocycles. The van der Waals surface area contributed by atoms with Crippen molar-refractivity contribution in [3.8, 4) is 5.75 Å². The van der Waals surface area contributed by atoms with Gasteiger partial charge in [0.1, 0.15) is 17.3 Å². The van der Waals surface area contributed by atoms with Crippen LogP contribution in [0.5, 0.6) is 5.75 Å². The molecule has 0 aliphatic rings. The molecular formula is C32H30N4O4S. The molecule has 1 atom stereocenters. The van der Waals surface area contributed by atoms with Gasteiger partial charge in [-0.05, 0) is 61.0 Å². The van der Waals surface area contributed by atoms with Crippen LogP contribution < -0.4 is 20.7 Å². The fraction of sp³-hybridized carbons (Fsp3) is 0.125. The van der Waals surface area contributed by atoms with Crippen LogP contribution in [0.25, 0.3) is 6.08 Å². The zero-order valence-electron chi connectivity index (χ0n) is 22.7. The first-order valence-corrected chi connectivity index (χ1v) is 13.9. The zero-order chi connectivity index (χ0) is 29.0. The first-order valence-electron chi connectivity index (χ1n) is 13.0. The number of rotatable bonds is 11. The molecular weight excluding hydrogens is 536 g/mol. The van der Waals surface area contributed by atoms with Crippen LogP contribution in [-0.2, 0) is 9.59 Å². The van der Waals surface area contributed by atoms with E-state index in [2.05, 4.69) is 20.9 Å². The molecule has 4 rings (SSSR count). The predicted octanol–water partition coefficient (Wildman–Crippen LogP) is 6.01. The number of aromatic nitrogens is 1. The largest absolute Gasteiger partial charge is 0.496 e. The lowest BCUT2D eigenvalue weighted by molar-refractivity contribution is -0.116. The van der Waals surface area contributed by atoms with Gasteiger partial charge in [0.2, 0.25) is 5.91 Å². The summed E-state index contributed by atoms with van der Waals surface area (Å²) in [7, 11) is 1.54. The third kappa shape index (κ3) is 8.30. The molecule has 0 saturated heterocycles. The molecule has 3 aromatic carbocycles. The number of ether oxygens (including phenoxy) is 1. The smallest absolute Gasteiger partial charge is 0.272 e. The van der Waals surface area contributed by atoms with Crippen LogP contribution >= 0.6 is 11.8 Å². The quantitative estimate of drug-likeness (QED) is 0.152. The van der Waals surface area contributed by atoms with Gasteiger partial charge in [-0.1, -0.05) is 55.5 Å². The molecule has 9 heteroatoms. The van der Waals surface area contributed by atoms with Gasteiger partial charge in [0.05, 0.1) is 12.4 Å². The SMILES string of the molecule is CCC(Sc1cccc(NC(=O)/C(=C\c2ccccc2OC)NC(=O)c2ccccc2)c1)C(=O)Nc1ccccn1. The van der Waals surface area contributed by atoms with Gasteiger partial charge in [0.15, 0.2) is 0 Å². The second-order valence-corrected chi connectivity index (χ2v) is 10.1. The number of nitrogens with zero attached hydrogens (tertiary/aromatic N) is 1. The Morgan fingerprint density at radius 1 is 0.902 bits per heavy atom. The summed E-state index contributed by atoms with van der Waals surface area (Å²) in [6.07, 6.45) is 3.79. The molecule has 8 nitrogen and oxygen atoms in total. The number of anilines is 2. The van der Waals surface area contributed by atoms with Gasteiger partial charge >= 0.3 is 0 Å². The van der Waals surface area contributed by atoms with Crippen LogP contribution in [0, 0.1) is 0 Å². The van der Waals surface area contributed by atoms with Crippen LogP contribution in [0.3, 0.4) is 0 Å². The Kier molecular flexibility index (Phi) is 10.3. The predicted molar refractivity (Wildman–Crippen MR) is 163 cm³/mol. The average Bonchev–Trinajstić information content (AvgIpc) is 3.00. The van der Waals surface area contributed by atoms with Gasteiger partial charge in [-0.2, -0.15) is 0 Å². The van der Waals surface area contributed by atoms with E-state index >= 15 is 0 Å². The molecule has 1 aromatic heterocycles. The third-order valence-corrected chi connectivity index (χ3v) is 7.28. The van der Waals surface area contributed by atoms with Gasteiger partial charge in [-0.25, -0.2) is 4.98 Å². The van der Waals surface area contributed by atoms with Gasteiger partial charge < -0.3 is 20.7 Å². The van der Waals surface area contributed by atoms with Crippen molar-refractivity contribution in [1.82, 2.24) is 10.3 Å². The number of para-hydroxylation sites is 1. The number of carbonyl (C=O) groups is 3. The number of thioether (sulfide) groups is 1. The summed E-state index contributed by atoms with van der Waals surface area (Å²) in [4.78, 5) is 44.2. The maximum Gasteiger partial charge on any atom is 0.272 e. The maximum atomic E-state index is 13.5. The lowest BCUT2D eigenvalue weighted by atomic mass is 10.1. The Bertz CT molecular complexity index is 1530. The van der Waals surface area contributed by atoms with E-state index in [0.717, 1.165) is 4.90 Å². The number of benzene rings is 3. The molecule has 41 heavy (non-hydrogen) atoms. The van der Waals surface area contributed by atoms with Crippen molar-refractivity contribution in [3.63, 3.8) is 0 Å². The van der Waals surface area contributed by atoms with E-state index in [4.69, 9.17) is 4.74 Å². The Morgan fingerprint density at radius 3 is 2.39 bits per heavy atom. The second kappa shape index (κ2) is 14.5. The fourth-order valence-electron chi connectivity index (χ4n) is 3.86. The molecule has 0 bridgehead atoms. The Morgan fingerprint density at radius 2 is 1.66 bits per heavy atom. The van der Waals surface area contributed by atoms with Gasteiger partial charge in [0.25, 0.3) is 11.8 Å². The fourth-order valence-corrected chi connectivity index (χ4v) is 4.87.